The SMILES string of the molecule is CC(C)N1CCCCCC(=O)CC1=S. The predicted molar refractivity (Wildman–Crippen MR) is 62.5 cm³/mol. The van der Waals surface area contributed by atoms with Gasteiger partial charge < -0.3 is 4.90 Å². The van der Waals surface area contributed by atoms with Gasteiger partial charge >= 0.3 is 0 Å². The molecule has 1 saturated heterocycles. The fourth-order valence-electron chi connectivity index (χ4n) is 1.81. The van der Waals surface area contributed by atoms with E-state index in [9.17, 15) is 4.79 Å². The normalized spacial score (nSPS) is 20.6. The van der Waals surface area contributed by atoms with E-state index in [1.54, 1.807) is 0 Å². The molecule has 1 heterocycles. The molecule has 0 amide bonds. The van der Waals surface area contributed by atoms with Crippen molar-refractivity contribution >= 4 is 23.0 Å². The molecule has 1 rings (SSSR count). The number of Topliss-reactive ketones (excluding diaryl/α,β-unsaturated/α-hetero) is 1. The van der Waals surface area contributed by atoms with E-state index in [0.717, 1.165) is 30.8 Å². The standard InChI is InChI=1S/C11H19NOS/c1-9(2)12-7-5-3-4-6-10(13)8-11(12)14/h9H,3-8H2,1-2H3. The molecule has 0 unspecified atom stereocenters. The molecule has 0 aliphatic carbocycles. The molecule has 0 radical (unpaired) electrons. The Bertz CT molecular complexity index is 225. The lowest BCUT2D eigenvalue weighted by molar-refractivity contribution is -0.118. The molecule has 0 saturated carbocycles. The van der Waals surface area contributed by atoms with Crippen LogP contribution in [0.3, 0.4) is 0 Å². The van der Waals surface area contributed by atoms with Gasteiger partial charge in [0, 0.05) is 19.0 Å². The van der Waals surface area contributed by atoms with E-state index in [1.165, 1.54) is 0 Å². The van der Waals surface area contributed by atoms with Crippen LogP contribution >= 0.6 is 12.2 Å². The van der Waals surface area contributed by atoms with Crippen molar-refractivity contribution in [2.24, 2.45) is 0 Å². The minimum atomic E-state index is 0.308. The predicted octanol–water partition coefficient (Wildman–Crippen LogP) is 2.56. The van der Waals surface area contributed by atoms with Crippen LogP contribution in [0.5, 0.6) is 0 Å². The number of thiocarbonyl (C=S) groups is 1. The van der Waals surface area contributed by atoms with Crippen molar-refractivity contribution in [3.8, 4) is 0 Å². The lowest BCUT2D eigenvalue weighted by Crippen LogP contribution is -2.37. The number of hydrogen-bond acceptors (Lipinski definition) is 2. The van der Waals surface area contributed by atoms with Gasteiger partial charge in [0.25, 0.3) is 0 Å². The number of carbonyl (C=O) groups is 1. The summed E-state index contributed by atoms with van der Waals surface area (Å²) in [6.45, 7) is 5.28. The zero-order valence-corrected chi connectivity index (χ0v) is 9.90. The van der Waals surface area contributed by atoms with Gasteiger partial charge in [0.2, 0.25) is 0 Å². The number of nitrogens with zero attached hydrogens (tertiary/aromatic N) is 1. The van der Waals surface area contributed by atoms with Crippen LogP contribution in [-0.2, 0) is 4.79 Å². The second-order valence-electron chi connectivity index (χ2n) is 4.21. The van der Waals surface area contributed by atoms with E-state index < -0.39 is 0 Å². The first-order valence-electron chi connectivity index (χ1n) is 5.42. The van der Waals surface area contributed by atoms with Crippen LogP contribution in [0.2, 0.25) is 0 Å². The van der Waals surface area contributed by atoms with Crippen LogP contribution in [-0.4, -0.2) is 28.3 Å². The summed E-state index contributed by atoms with van der Waals surface area (Å²) in [6, 6.07) is 0.424. The summed E-state index contributed by atoms with van der Waals surface area (Å²) in [5.74, 6) is 0.308. The highest BCUT2D eigenvalue weighted by Gasteiger charge is 2.17. The van der Waals surface area contributed by atoms with Crippen molar-refractivity contribution in [1.29, 1.82) is 0 Å². The van der Waals surface area contributed by atoms with E-state index >= 15 is 0 Å². The third-order valence-electron chi connectivity index (χ3n) is 2.65. The molecule has 0 aromatic carbocycles. The third-order valence-corrected chi connectivity index (χ3v) is 3.03. The molecule has 1 aliphatic rings. The fourth-order valence-corrected chi connectivity index (χ4v) is 2.27. The van der Waals surface area contributed by atoms with Gasteiger partial charge in [0.15, 0.2) is 0 Å². The lowest BCUT2D eigenvalue weighted by Gasteiger charge is -2.28. The van der Waals surface area contributed by atoms with Crippen molar-refractivity contribution in [2.45, 2.75) is 52.0 Å². The zero-order valence-electron chi connectivity index (χ0n) is 9.08. The van der Waals surface area contributed by atoms with E-state index in [4.69, 9.17) is 12.2 Å². The van der Waals surface area contributed by atoms with E-state index in [1.807, 2.05) is 0 Å². The van der Waals surface area contributed by atoms with Crippen LogP contribution in [0.4, 0.5) is 0 Å². The monoisotopic (exact) mass is 213 g/mol. The first-order valence-corrected chi connectivity index (χ1v) is 5.83. The van der Waals surface area contributed by atoms with Crippen molar-refractivity contribution in [1.82, 2.24) is 4.90 Å². The average molecular weight is 213 g/mol. The molecule has 14 heavy (non-hydrogen) atoms. The summed E-state index contributed by atoms with van der Waals surface area (Å²) in [5.41, 5.74) is 0. The summed E-state index contributed by atoms with van der Waals surface area (Å²) in [5, 5.41) is 0. The van der Waals surface area contributed by atoms with Gasteiger partial charge in [-0.15, -0.1) is 0 Å². The Hall–Kier alpha value is -0.440. The van der Waals surface area contributed by atoms with Crippen LogP contribution in [0, 0.1) is 0 Å². The Kier molecular flexibility index (Phi) is 4.52. The van der Waals surface area contributed by atoms with Crippen molar-refractivity contribution < 1.29 is 4.79 Å². The molecular formula is C11H19NOS. The highest BCUT2D eigenvalue weighted by molar-refractivity contribution is 7.80. The minimum Gasteiger partial charge on any atom is -0.363 e. The van der Waals surface area contributed by atoms with Gasteiger partial charge in [-0.1, -0.05) is 18.6 Å². The van der Waals surface area contributed by atoms with Crippen LogP contribution < -0.4 is 0 Å². The molecule has 0 aromatic heterocycles. The van der Waals surface area contributed by atoms with Crippen molar-refractivity contribution in [3.63, 3.8) is 0 Å². The second-order valence-corrected chi connectivity index (χ2v) is 4.68. The molecule has 1 fully saturated rings. The number of ketones is 1. The highest BCUT2D eigenvalue weighted by atomic mass is 32.1. The Morgan fingerprint density at radius 3 is 2.64 bits per heavy atom. The van der Waals surface area contributed by atoms with E-state index in [2.05, 4.69) is 18.7 Å². The molecule has 1 aliphatic heterocycles. The Labute approximate surface area is 91.7 Å². The molecule has 80 valence electrons. The van der Waals surface area contributed by atoms with Crippen LogP contribution in [0.15, 0.2) is 0 Å². The van der Waals surface area contributed by atoms with Gasteiger partial charge in [-0.05, 0) is 26.7 Å². The smallest absolute Gasteiger partial charge is 0.139 e. The van der Waals surface area contributed by atoms with Crippen molar-refractivity contribution in [3.05, 3.63) is 0 Å². The molecule has 0 aromatic rings. The number of rotatable bonds is 1. The van der Waals surface area contributed by atoms with Gasteiger partial charge in [-0.2, -0.15) is 0 Å². The highest BCUT2D eigenvalue weighted by Crippen LogP contribution is 2.13. The molecule has 0 spiro atoms. The van der Waals surface area contributed by atoms with Crippen LogP contribution in [0.1, 0.15) is 46.0 Å². The summed E-state index contributed by atoms with van der Waals surface area (Å²) in [4.78, 5) is 14.5. The lowest BCUT2D eigenvalue weighted by atomic mass is 10.1. The minimum absolute atomic E-state index is 0.308. The Morgan fingerprint density at radius 1 is 1.29 bits per heavy atom. The quantitative estimate of drug-likeness (QED) is 0.624. The summed E-state index contributed by atoms with van der Waals surface area (Å²) < 4.78 is 0. The first-order chi connectivity index (χ1) is 6.61. The summed E-state index contributed by atoms with van der Waals surface area (Å²) in [6.07, 6.45) is 4.54. The maximum atomic E-state index is 11.5. The second kappa shape index (κ2) is 5.44. The molecule has 3 heteroatoms. The van der Waals surface area contributed by atoms with Gasteiger partial charge in [0.05, 0.1) is 11.4 Å². The van der Waals surface area contributed by atoms with E-state index in [0.29, 0.717) is 24.7 Å². The van der Waals surface area contributed by atoms with E-state index in [-0.39, 0.29) is 0 Å². The largest absolute Gasteiger partial charge is 0.363 e. The molecule has 0 bridgehead atoms. The zero-order chi connectivity index (χ0) is 10.6. The average Bonchev–Trinajstić information content (AvgIpc) is 2.15. The maximum Gasteiger partial charge on any atom is 0.139 e. The van der Waals surface area contributed by atoms with Crippen molar-refractivity contribution in [2.75, 3.05) is 6.54 Å². The summed E-state index contributed by atoms with van der Waals surface area (Å²) in [7, 11) is 0. The molecule has 0 atom stereocenters. The van der Waals surface area contributed by atoms with Crippen LogP contribution in [0.25, 0.3) is 0 Å². The number of hydrogen-bond donors (Lipinski definition) is 0. The number of carbonyl (C=O) groups excluding carboxylic acids is 1. The fraction of sp³-hybridized carbons (Fsp3) is 0.818. The Balaban J connectivity index is 2.63. The summed E-state index contributed by atoms with van der Waals surface area (Å²) >= 11 is 5.29. The third kappa shape index (κ3) is 3.37. The Morgan fingerprint density at radius 2 is 2.00 bits per heavy atom. The molecule has 0 N–H and O–H groups in total. The maximum absolute atomic E-state index is 11.5. The molecular weight excluding hydrogens is 194 g/mol. The van der Waals surface area contributed by atoms with Gasteiger partial charge in [-0.3, -0.25) is 4.79 Å². The van der Waals surface area contributed by atoms with Gasteiger partial charge in [-0.25, -0.2) is 0 Å². The topological polar surface area (TPSA) is 20.3 Å². The molecule has 2 nitrogen and oxygen atoms in total. The van der Waals surface area contributed by atoms with Gasteiger partial charge in [0.1, 0.15) is 5.78 Å². The first kappa shape index (κ1) is 11.6.